The maximum absolute atomic E-state index is 13.2. The molecule has 0 fully saturated rings. The van der Waals surface area contributed by atoms with E-state index in [1.807, 2.05) is 30.3 Å². The molecule has 33 heavy (non-hydrogen) atoms. The van der Waals surface area contributed by atoms with Gasteiger partial charge in [0, 0.05) is 28.7 Å². The second-order valence-corrected chi connectivity index (χ2v) is 8.67. The third kappa shape index (κ3) is 4.91. The Kier molecular flexibility index (Phi) is 7.05. The minimum atomic E-state index is -0.539. The molecule has 170 valence electrons. The van der Waals surface area contributed by atoms with Crippen LogP contribution in [0.3, 0.4) is 0 Å². The number of amides is 1. The van der Waals surface area contributed by atoms with Crippen LogP contribution in [-0.4, -0.2) is 29.6 Å². The number of methoxy groups -OCH3 is 1. The Labute approximate surface area is 200 Å². The number of halogens is 1. The van der Waals surface area contributed by atoms with E-state index in [2.05, 4.69) is 21.9 Å². The molecular weight excluding hydrogens is 462 g/mol. The molecule has 0 saturated heterocycles. The predicted octanol–water partition coefficient (Wildman–Crippen LogP) is 4.76. The van der Waals surface area contributed by atoms with Gasteiger partial charge in [-0.05, 0) is 17.7 Å². The van der Waals surface area contributed by atoms with Gasteiger partial charge in [0.25, 0.3) is 5.56 Å². The van der Waals surface area contributed by atoms with Gasteiger partial charge in [0.15, 0.2) is 16.7 Å². The van der Waals surface area contributed by atoms with Gasteiger partial charge in [-0.25, -0.2) is 4.98 Å². The molecule has 0 saturated carbocycles. The van der Waals surface area contributed by atoms with Crippen LogP contribution in [0.2, 0.25) is 5.02 Å². The SMILES string of the molecule is C=CCOc1c(OC)cccc1[C@@H]1CC(=O)Nc2nc(SCc3ccccc3Cl)[nH]c(=O)c21. The van der Waals surface area contributed by atoms with Gasteiger partial charge < -0.3 is 19.8 Å². The second kappa shape index (κ2) is 10.1. The summed E-state index contributed by atoms with van der Waals surface area (Å²) in [5, 5.41) is 3.78. The fourth-order valence-corrected chi connectivity index (χ4v) is 4.86. The van der Waals surface area contributed by atoms with Crippen LogP contribution in [0.1, 0.15) is 29.0 Å². The number of ether oxygens (including phenoxy) is 2. The monoisotopic (exact) mass is 483 g/mol. The number of thioether (sulfide) groups is 1. The van der Waals surface area contributed by atoms with Crippen molar-refractivity contribution in [1.82, 2.24) is 9.97 Å². The molecule has 0 aliphatic carbocycles. The van der Waals surface area contributed by atoms with Crippen molar-refractivity contribution >= 4 is 35.1 Å². The van der Waals surface area contributed by atoms with Crippen LogP contribution >= 0.6 is 23.4 Å². The predicted molar refractivity (Wildman–Crippen MR) is 130 cm³/mol. The summed E-state index contributed by atoms with van der Waals surface area (Å²) in [4.78, 5) is 33.1. The van der Waals surface area contributed by atoms with E-state index in [1.54, 1.807) is 18.2 Å². The number of nitrogens with one attached hydrogen (secondary N) is 2. The Morgan fingerprint density at radius 1 is 1.24 bits per heavy atom. The number of carbonyl (C=O) groups excluding carboxylic acids is 1. The van der Waals surface area contributed by atoms with Gasteiger partial charge in [0.2, 0.25) is 5.91 Å². The van der Waals surface area contributed by atoms with Crippen LogP contribution in [-0.2, 0) is 10.5 Å². The first kappa shape index (κ1) is 22.9. The molecule has 9 heteroatoms. The highest BCUT2D eigenvalue weighted by atomic mass is 35.5. The molecule has 0 unspecified atom stereocenters. The normalized spacial score (nSPS) is 14.8. The highest BCUT2D eigenvalue weighted by Crippen LogP contribution is 2.42. The zero-order valence-electron chi connectivity index (χ0n) is 17.9. The molecule has 4 rings (SSSR count). The molecule has 1 aliphatic rings. The smallest absolute Gasteiger partial charge is 0.257 e. The van der Waals surface area contributed by atoms with E-state index in [0.29, 0.717) is 38.6 Å². The van der Waals surface area contributed by atoms with E-state index in [4.69, 9.17) is 21.1 Å². The average Bonchev–Trinajstić information content (AvgIpc) is 2.81. The minimum absolute atomic E-state index is 0.0848. The van der Waals surface area contributed by atoms with E-state index < -0.39 is 5.92 Å². The highest BCUT2D eigenvalue weighted by molar-refractivity contribution is 7.98. The van der Waals surface area contributed by atoms with Gasteiger partial charge >= 0.3 is 0 Å². The number of para-hydroxylation sites is 1. The van der Waals surface area contributed by atoms with Crippen LogP contribution in [0.5, 0.6) is 11.5 Å². The molecule has 1 aliphatic heterocycles. The third-order valence-corrected chi connectivity index (χ3v) is 6.49. The van der Waals surface area contributed by atoms with Gasteiger partial charge in [-0.1, -0.05) is 66.3 Å². The molecule has 2 aromatic carbocycles. The van der Waals surface area contributed by atoms with Crippen molar-refractivity contribution in [3.8, 4) is 11.5 Å². The average molecular weight is 484 g/mol. The summed E-state index contributed by atoms with van der Waals surface area (Å²) in [7, 11) is 1.54. The minimum Gasteiger partial charge on any atom is -0.493 e. The maximum atomic E-state index is 13.2. The standard InChI is InChI=1S/C24H22ClN3O4S/c1-3-11-32-21-15(8-6-10-18(21)31-2)16-12-19(29)26-22-20(16)23(30)28-24(27-22)33-13-14-7-4-5-9-17(14)25/h3-10,16H,1,11-13H2,2H3,(H2,26,27,28,29,30)/t16-/m0/s1. The van der Waals surface area contributed by atoms with Crippen molar-refractivity contribution in [2.45, 2.75) is 23.2 Å². The van der Waals surface area contributed by atoms with E-state index >= 15 is 0 Å². The van der Waals surface area contributed by atoms with Gasteiger partial charge in [-0.15, -0.1) is 0 Å². The number of benzene rings is 2. The Hall–Kier alpha value is -3.23. The Morgan fingerprint density at radius 2 is 2.06 bits per heavy atom. The van der Waals surface area contributed by atoms with Crippen molar-refractivity contribution in [3.63, 3.8) is 0 Å². The van der Waals surface area contributed by atoms with Gasteiger partial charge in [0.05, 0.1) is 12.7 Å². The van der Waals surface area contributed by atoms with Crippen molar-refractivity contribution in [3.05, 3.63) is 87.2 Å². The molecular formula is C24H22ClN3O4S. The number of anilines is 1. The molecule has 0 radical (unpaired) electrons. The summed E-state index contributed by atoms with van der Waals surface area (Å²) in [6.45, 7) is 3.94. The maximum Gasteiger partial charge on any atom is 0.257 e. The van der Waals surface area contributed by atoms with Crippen LogP contribution in [0.25, 0.3) is 0 Å². The van der Waals surface area contributed by atoms with Crippen LogP contribution < -0.4 is 20.3 Å². The molecule has 1 aromatic heterocycles. The lowest BCUT2D eigenvalue weighted by molar-refractivity contribution is -0.116. The highest BCUT2D eigenvalue weighted by Gasteiger charge is 2.33. The number of aromatic nitrogens is 2. The van der Waals surface area contributed by atoms with Crippen LogP contribution in [0.4, 0.5) is 5.82 Å². The van der Waals surface area contributed by atoms with Gasteiger partial charge in [-0.3, -0.25) is 9.59 Å². The van der Waals surface area contributed by atoms with Crippen LogP contribution in [0.15, 0.2) is 65.1 Å². The number of hydrogen-bond acceptors (Lipinski definition) is 6. The number of fused-ring (bicyclic) bond motifs is 1. The summed E-state index contributed by atoms with van der Waals surface area (Å²) in [5.41, 5.74) is 1.67. The fourth-order valence-electron chi connectivity index (χ4n) is 3.71. The summed E-state index contributed by atoms with van der Waals surface area (Å²) in [6.07, 6.45) is 1.70. The first-order valence-electron chi connectivity index (χ1n) is 10.2. The van der Waals surface area contributed by atoms with Crippen LogP contribution in [0, 0.1) is 0 Å². The quantitative estimate of drug-likeness (QED) is 0.272. The molecule has 3 aromatic rings. The molecule has 0 bridgehead atoms. The van der Waals surface area contributed by atoms with E-state index in [9.17, 15) is 9.59 Å². The summed E-state index contributed by atoms with van der Waals surface area (Å²) < 4.78 is 11.3. The van der Waals surface area contributed by atoms with Crippen molar-refractivity contribution in [2.24, 2.45) is 0 Å². The fraction of sp³-hybridized carbons (Fsp3) is 0.208. The Morgan fingerprint density at radius 3 is 2.82 bits per heavy atom. The van der Waals surface area contributed by atoms with Gasteiger partial charge in [0.1, 0.15) is 12.4 Å². The Bertz CT molecular complexity index is 1260. The summed E-state index contributed by atoms with van der Waals surface area (Å²) in [5.74, 6) is 0.987. The zero-order valence-corrected chi connectivity index (χ0v) is 19.5. The van der Waals surface area contributed by atoms with Crippen molar-refractivity contribution in [2.75, 3.05) is 19.0 Å². The number of rotatable bonds is 8. The molecule has 0 spiro atoms. The number of H-pyrrole nitrogens is 1. The lowest BCUT2D eigenvalue weighted by atomic mass is 9.86. The largest absolute Gasteiger partial charge is 0.493 e. The number of aromatic amines is 1. The molecule has 2 N–H and O–H groups in total. The number of carbonyl (C=O) groups is 1. The van der Waals surface area contributed by atoms with E-state index in [-0.39, 0.29) is 30.3 Å². The number of nitrogens with zero attached hydrogens (tertiary/aromatic N) is 1. The number of hydrogen-bond donors (Lipinski definition) is 2. The summed E-state index contributed by atoms with van der Waals surface area (Å²) in [6, 6.07) is 12.9. The molecule has 1 atom stereocenters. The lowest BCUT2D eigenvalue weighted by Gasteiger charge is -2.26. The zero-order chi connectivity index (χ0) is 23.4. The first-order chi connectivity index (χ1) is 16.0. The first-order valence-corrected chi connectivity index (χ1v) is 11.6. The van der Waals surface area contributed by atoms with Gasteiger partial charge in [-0.2, -0.15) is 0 Å². The third-order valence-electron chi connectivity index (χ3n) is 5.20. The van der Waals surface area contributed by atoms with Crippen molar-refractivity contribution in [1.29, 1.82) is 0 Å². The molecule has 2 heterocycles. The lowest BCUT2D eigenvalue weighted by Crippen LogP contribution is -2.31. The van der Waals surface area contributed by atoms with E-state index in [1.165, 1.54) is 18.9 Å². The summed E-state index contributed by atoms with van der Waals surface area (Å²) >= 11 is 7.56. The molecule has 7 nitrogen and oxygen atoms in total. The topological polar surface area (TPSA) is 93.3 Å². The Balaban J connectivity index is 1.71. The van der Waals surface area contributed by atoms with Crippen molar-refractivity contribution < 1.29 is 14.3 Å². The second-order valence-electron chi connectivity index (χ2n) is 7.30. The van der Waals surface area contributed by atoms with E-state index in [0.717, 1.165) is 5.56 Å². The molecule has 1 amide bonds.